The largest absolute Gasteiger partial charge is 0.349 e. The fourth-order valence-corrected chi connectivity index (χ4v) is 1.75. The van der Waals surface area contributed by atoms with Crippen LogP contribution in [0.5, 0.6) is 0 Å². The lowest BCUT2D eigenvalue weighted by atomic mass is 10.3. The molecular weight excluding hydrogens is 216 g/mol. The lowest BCUT2D eigenvalue weighted by Crippen LogP contribution is -2.26. The lowest BCUT2D eigenvalue weighted by Gasteiger charge is -2.04. The van der Waals surface area contributed by atoms with Crippen molar-refractivity contribution in [1.29, 1.82) is 0 Å². The summed E-state index contributed by atoms with van der Waals surface area (Å²) in [5.41, 5.74) is 7.32. The summed E-state index contributed by atoms with van der Waals surface area (Å²) in [5.74, 6) is 0.802. The Bertz CT molecular complexity index is 532. The van der Waals surface area contributed by atoms with Crippen LogP contribution in [0, 0.1) is 0 Å². The minimum Gasteiger partial charge on any atom is -0.349 e. The van der Waals surface area contributed by atoms with Crippen molar-refractivity contribution < 1.29 is 4.79 Å². The van der Waals surface area contributed by atoms with Crippen LogP contribution in [-0.2, 0) is 18.4 Å². The predicted octanol–water partition coefficient (Wildman–Crippen LogP) is 0.538. The number of fused-ring (bicyclic) bond motifs is 1. The van der Waals surface area contributed by atoms with E-state index in [1.54, 1.807) is 0 Å². The third-order valence-corrected chi connectivity index (χ3v) is 2.69. The summed E-state index contributed by atoms with van der Waals surface area (Å²) in [7, 11) is 1.94. The van der Waals surface area contributed by atoms with Crippen molar-refractivity contribution in [3.63, 3.8) is 0 Å². The first-order valence-electron chi connectivity index (χ1n) is 5.59. The molecule has 0 radical (unpaired) electrons. The average Bonchev–Trinajstić information content (AvgIpc) is 2.65. The lowest BCUT2D eigenvalue weighted by molar-refractivity contribution is -0.121. The second-order valence-corrected chi connectivity index (χ2v) is 3.89. The molecule has 1 aromatic heterocycles. The Labute approximate surface area is 99.6 Å². The molecule has 5 nitrogen and oxygen atoms in total. The number of aromatic nitrogens is 2. The predicted molar refractivity (Wildman–Crippen MR) is 66.2 cm³/mol. The summed E-state index contributed by atoms with van der Waals surface area (Å²) >= 11 is 0. The Kier molecular flexibility index (Phi) is 3.39. The molecule has 0 fully saturated rings. The van der Waals surface area contributed by atoms with Crippen molar-refractivity contribution in [3.8, 4) is 0 Å². The first kappa shape index (κ1) is 11.6. The fraction of sp³-hybridized carbons (Fsp3) is 0.333. The Balaban J connectivity index is 2.14. The summed E-state index contributed by atoms with van der Waals surface area (Å²) in [4.78, 5) is 15.8. The van der Waals surface area contributed by atoms with Crippen LogP contribution < -0.4 is 11.1 Å². The van der Waals surface area contributed by atoms with Crippen LogP contribution in [0.2, 0.25) is 0 Å². The zero-order valence-electron chi connectivity index (χ0n) is 9.81. The quantitative estimate of drug-likeness (QED) is 0.808. The number of para-hydroxylation sites is 2. The van der Waals surface area contributed by atoms with Crippen LogP contribution in [-0.4, -0.2) is 22.0 Å². The van der Waals surface area contributed by atoms with Crippen LogP contribution in [0.25, 0.3) is 11.0 Å². The highest BCUT2D eigenvalue weighted by Crippen LogP contribution is 2.13. The third kappa shape index (κ3) is 2.45. The minimum absolute atomic E-state index is 0.0421. The molecule has 0 aliphatic rings. The number of imidazole rings is 1. The van der Waals surface area contributed by atoms with E-state index in [4.69, 9.17) is 5.73 Å². The van der Waals surface area contributed by atoms with Crippen molar-refractivity contribution in [2.24, 2.45) is 12.8 Å². The Morgan fingerprint density at radius 1 is 1.47 bits per heavy atom. The number of carbonyl (C=O) groups excluding carboxylic acids is 1. The normalized spacial score (nSPS) is 10.7. The van der Waals surface area contributed by atoms with E-state index in [1.165, 1.54) is 0 Å². The second kappa shape index (κ2) is 4.97. The number of nitrogens with two attached hydrogens (primary N) is 1. The van der Waals surface area contributed by atoms with E-state index in [0.717, 1.165) is 16.9 Å². The van der Waals surface area contributed by atoms with Crippen LogP contribution >= 0.6 is 0 Å². The molecule has 90 valence electrons. The smallest absolute Gasteiger partial charge is 0.221 e. The molecular formula is C12H16N4O. The Hall–Kier alpha value is -1.88. The van der Waals surface area contributed by atoms with Crippen LogP contribution in [0.4, 0.5) is 0 Å². The molecule has 0 spiro atoms. The van der Waals surface area contributed by atoms with Crippen molar-refractivity contribution >= 4 is 16.9 Å². The zero-order chi connectivity index (χ0) is 12.3. The molecule has 3 N–H and O–H groups in total. The molecule has 0 saturated heterocycles. The van der Waals surface area contributed by atoms with Crippen molar-refractivity contribution in [3.05, 3.63) is 30.1 Å². The van der Waals surface area contributed by atoms with Gasteiger partial charge >= 0.3 is 0 Å². The number of nitrogens with zero attached hydrogens (tertiary/aromatic N) is 2. The van der Waals surface area contributed by atoms with Gasteiger partial charge in [-0.2, -0.15) is 0 Å². The maximum atomic E-state index is 11.3. The van der Waals surface area contributed by atoms with Crippen molar-refractivity contribution in [1.82, 2.24) is 14.9 Å². The second-order valence-electron chi connectivity index (χ2n) is 3.89. The average molecular weight is 232 g/mol. The molecule has 5 heteroatoms. The molecule has 0 saturated carbocycles. The van der Waals surface area contributed by atoms with Gasteiger partial charge in [0.2, 0.25) is 5.91 Å². The third-order valence-electron chi connectivity index (χ3n) is 2.69. The van der Waals surface area contributed by atoms with Gasteiger partial charge in [0.1, 0.15) is 5.82 Å². The van der Waals surface area contributed by atoms with Gasteiger partial charge in [-0.3, -0.25) is 4.79 Å². The molecule has 0 bridgehead atoms. The first-order valence-corrected chi connectivity index (χ1v) is 5.59. The number of amides is 1. The monoisotopic (exact) mass is 232 g/mol. The number of aryl methyl sites for hydroxylation is 1. The van der Waals surface area contributed by atoms with E-state index in [-0.39, 0.29) is 5.91 Å². The van der Waals surface area contributed by atoms with Gasteiger partial charge in [0.05, 0.1) is 17.6 Å². The standard InChI is InChI=1S/C12H16N4O/c1-16-10-5-3-2-4-9(10)15-11(16)8-14-12(17)6-7-13/h2-5H,6-8,13H2,1H3,(H,14,17). The van der Waals surface area contributed by atoms with E-state index in [2.05, 4.69) is 10.3 Å². The minimum atomic E-state index is -0.0421. The van der Waals surface area contributed by atoms with E-state index < -0.39 is 0 Å². The summed E-state index contributed by atoms with van der Waals surface area (Å²) in [6, 6.07) is 7.89. The number of nitrogens with one attached hydrogen (secondary N) is 1. The Morgan fingerprint density at radius 3 is 2.94 bits per heavy atom. The molecule has 17 heavy (non-hydrogen) atoms. The summed E-state index contributed by atoms with van der Waals surface area (Å²) < 4.78 is 1.98. The summed E-state index contributed by atoms with van der Waals surface area (Å²) in [5, 5.41) is 2.80. The van der Waals surface area contributed by atoms with Gasteiger partial charge in [0.25, 0.3) is 0 Å². The molecule has 1 heterocycles. The molecule has 0 unspecified atom stereocenters. The fourth-order valence-electron chi connectivity index (χ4n) is 1.75. The summed E-state index contributed by atoms with van der Waals surface area (Å²) in [6.45, 7) is 0.804. The maximum absolute atomic E-state index is 11.3. The van der Waals surface area contributed by atoms with E-state index >= 15 is 0 Å². The highest BCUT2D eigenvalue weighted by Gasteiger charge is 2.07. The van der Waals surface area contributed by atoms with Crippen LogP contribution in [0.3, 0.4) is 0 Å². The van der Waals surface area contributed by atoms with E-state index in [1.807, 2.05) is 35.9 Å². The number of hydrogen-bond acceptors (Lipinski definition) is 3. The van der Waals surface area contributed by atoms with Gasteiger partial charge < -0.3 is 15.6 Å². The van der Waals surface area contributed by atoms with Gasteiger partial charge in [-0.15, -0.1) is 0 Å². The highest BCUT2D eigenvalue weighted by atomic mass is 16.1. The number of rotatable bonds is 4. The van der Waals surface area contributed by atoms with E-state index in [9.17, 15) is 4.79 Å². The summed E-state index contributed by atoms with van der Waals surface area (Å²) in [6.07, 6.45) is 0.351. The number of carbonyl (C=O) groups is 1. The highest BCUT2D eigenvalue weighted by molar-refractivity contribution is 5.77. The number of benzene rings is 1. The molecule has 0 aliphatic carbocycles. The van der Waals surface area contributed by atoms with Gasteiger partial charge in [-0.1, -0.05) is 12.1 Å². The van der Waals surface area contributed by atoms with E-state index in [0.29, 0.717) is 19.5 Å². The maximum Gasteiger partial charge on any atom is 0.221 e. The molecule has 2 aromatic rings. The first-order chi connectivity index (χ1) is 8.22. The molecule has 1 amide bonds. The molecule has 1 aromatic carbocycles. The zero-order valence-corrected chi connectivity index (χ0v) is 9.81. The molecule has 2 rings (SSSR count). The van der Waals surface area contributed by atoms with Gasteiger partial charge in [-0.05, 0) is 12.1 Å². The topological polar surface area (TPSA) is 72.9 Å². The van der Waals surface area contributed by atoms with Gasteiger partial charge in [-0.25, -0.2) is 4.98 Å². The van der Waals surface area contributed by atoms with Crippen molar-refractivity contribution in [2.45, 2.75) is 13.0 Å². The molecule has 0 atom stereocenters. The van der Waals surface area contributed by atoms with Crippen LogP contribution in [0.15, 0.2) is 24.3 Å². The molecule has 0 aliphatic heterocycles. The Morgan fingerprint density at radius 2 is 2.24 bits per heavy atom. The van der Waals surface area contributed by atoms with Crippen LogP contribution in [0.1, 0.15) is 12.2 Å². The van der Waals surface area contributed by atoms with Gasteiger partial charge in [0, 0.05) is 20.0 Å². The number of hydrogen-bond donors (Lipinski definition) is 2. The van der Waals surface area contributed by atoms with Crippen molar-refractivity contribution in [2.75, 3.05) is 6.54 Å². The SMILES string of the molecule is Cn1c(CNC(=O)CCN)nc2ccccc21. The van der Waals surface area contributed by atoms with Gasteiger partial charge in [0.15, 0.2) is 0 Å².